The molecule has 0 aliphatic rings. The fourth-order valence-electron chi connectivity index (χ4n) is 1.43. The summed E-state index contributed by atoms with van der Waals surface area (Å²) in [6.45, 7) is 0.546. The first kappa shape index (κ1) is 11.6. The minimum absolute atomic E-state index is 0.546. The monoisotopic (exact) mass is 291 g/mol. The molecule has 0 atom stereocenters. The summed E-state index contributed by atoms with van der Waals surface area (Å²) in [6.07, 6.45) is 1.83. The Morgan fingerprint density at radius 1 is 1.53 bits per heavy atom. The number of hydrogen-bond donors (Lipinski definition) is 1. The molecular formula is C11H10BrN5. The van der Waals surface area contributed by atoms with Gasteiger partial charge in [0.2, 0.25) is 0 Å². The van der Waals surface area contributed by atoms with Gasteiger partial charge in [0.25, 0.3) is 0 Å². The first-order chi connectivity index (χ1) is 8.19. The van der Waals surface area contributed by atoms with E-state index in [9.17, 15) is 0 Å². The van der Waals surface area contributed by atoms with Gasteiger partial charge in [0, 0.05) is 17.7 Å². The van der Waals surface area contributed by atoms with E-state index in [1.54, 1.807) is 10.7 Å². The Kier molecular flexibility index (Phi) is 3.40. The number of nitrogens with one attached hydrogen (secondary N) is 1. The predicted octanol–water partition coefficient (Wildman–Crippen LogP) is 2.06. The van der Waals surface area contributed by atoms with Crippen molar-refractivity contribution in [2.75, 3.05) is 5.32 Å². The van der Waals surface area contributed by atoms with Gasteiger partial charge >= 0.3 is 0 Å². The van der Waals surface area contributed by atoms with E-state index in [0.29, 0.717) is 12.1 Å². The van der Waals surface area contributed by atoms with Crippen molar-refractivity contribution in [1.82, 2.24) is 15.0 Å². The number of aromatic nitrogens is 3. The highest BCUT2D eigenvalue weighted by atomic mass is 79.9. The summed E-state index contributed by atoms with van der Waals surface area (Å²) in [7, 11) is 1.82. The Labute approximate surface area is 107 Å². The molecule has 0 aliphatic carbocycles. The molecule has 0 amide bonds. The van der Waals surface area contributed by atoms with Crippen LogP contribution in [0.1, 0.15) is 11.3 Å². The SMILES string of the molecule is Cn1cc(CNc2ccc(Br)cc2C#N)nn1. The third-order valence-electron chi connectivity index (χ3n) is 2.21. The molecule has 17 heavy (non-hydrogen) atoms. The zero-order chi connectivity index (χ0) is 12.3. The van der Waals surface area contributed by atoms with Crippen LogP contribution in [0.5, 0.6) is 0 Å². The van der Waals surface area contributed by atoms with Crippen molar-refractivity contribution in [2.45, 2.75) is 6.54 Å². The third kappa shape index (κ3) is 2.82. The summed E-state index contributed by atoms with van der Waals surface area (Å²) in [4.78, 5) is 0. The van der Waals surface area contributed by atoms with Gasteiger partial charge in [-0.1, -0.05) is 21.1 Å². The quantitative estimate of drug-likeness (QED) is 0.940. The molecule has 0 radical (unpaired) electrons. The van der Waals surface area contributed by atoms with E-state index in [1.807, 2.05) is 25.4 Å². The molecule has 2 rings (SSSR count). The number of rotatable bonds is 3. The number of halogens is 1. The van der Waals surface area contributed by atoms with Crippen LogP contribution in [0, 0.1) is 11.3 Å². The molecule has 1 aromatic heterocycles. The smallest absolute Gasteiger partial charge is 0.102 e. The van der Waals surface area contributed by atoms with Crippen molar-refractivity contribution in [1.29, 1.82) is 5.26 Å². The van der Waals surface area contributed by atoms with Crippen molar-refractivity contribution >= 4 is 21.6 Å². The minimum Gasteiger partial charge on any atom is -0.378 e. The van der Waals surface area contributed by atoms with Gasteiger partial charge in [-0.15, -0.1) is 5.10 Å². The number of aryl methyl sites for hydroxylation is 1. The highest BCUT2D eigenvalue weighted by molar-refractivity contribution is 9.10. The molecule has 1 N–H and O–H groups in total. The van der Waals surface area contributed by atoms with E-state index in [4.69, 9.17) is 5.26 Å². The largest absolute Gasteiger partial charge is 0.378 e. The van der Waals surface area contributed by atoms with Crippen LogP contribution in [0.4, 0.5) is 5.69 Å². The second-order valence-electron chi connectivity index (χ2n) is 3.54. The van der Waals surface area contributed by atoms with Crippen molar-refractivity contribution in [3.05, 3.63) is 40.1 Å². The van der Waals surface area contributed by atoms with Crippen molar-refractivity contribution in [2.24, 2.45) is 7.05 Å². The molecule has 1 heterocycles. The number of nitriles is 1. The fourth-order valence-corrected chi connectivity index (χ4v) is 1.79. The first-order valence-corrected chi connectivity index (χ1v) is 5.77. The van der Waals surface area contributed by atoms with E-state index < -0.39 is 0 Å². The molecule has 0 bridgehead atoms. The van der Waals surface area contributed by atoms with Gasteiger partial charge in [0.1, 0.15) is 11.8 Å². The van der Waals surface area contributed by atoms with Gasteiger partial charge < -0.3 is 5.32 Å². The van der Waals surface area contributed by atoms with E-state index in [2.05, 4.69) is 37.6 Å². The Bertz CT molecular complexity index is 569. The van der Waals surface area contributed by atoms with Gasteiger partial charge in [0.05, 0.1) is 17.8 Å². The van der Waals surface area contributed by atoms with Crippen LogP contribution in [0.3, 0.4) is 0 Å². The van der Waals surface area contributed by atoms with Crippen LogP contribution >= 0.6 is 15.9 Å². The van der Waals surface area contributed by atoms with Gasteiger partial charge in [-0.25, -0.2) is 0 Å². The molecule has 0 unspecified atom stereocenters. The van der Waals surface area contributed by atoms with Gasteiger partial charge in [-0.3, -0.25) is 4.68 Å². The number of hydrogen-bond acceptors (Lipinski definition) is 4. The average molecular weight is 292 g/mol. The second kappa shape index (κ2) is 4.97. The fraction of sp³-hybridized carbons (Fsp3) is 0.182. The molecule has 0 saturated heterocycles. The molecule has 0 fully saturated rings. The summed E-state index contributed by atoms with van der Waals surface area (Å²) in [6, 6.07) is 7.67. The molecule has 0 spiro atoms. The van der Waals surface area contributed by atoms with Crippen molar-refractivity contribution in [3.8, 4) is 6.07 Å². The Morgan fingerprint density at radius 2 is 2.35 bits per heavy atom. The standard InChI is InChI=1S/C11H10BrN5/c1-17-7-10(15-16-17)6-14-11-3-2-9(12)4-8(11)5-13/h2-4,7,14H,6H2,1H3. The second-order valence-corrected chi connectivity index (χ2v) is 4.45. The summed E-state index contributed by atoms with van der Waals surface area (Å²) in [5.74, 6) is 0. The van der Waals surface area contributed by atoms with E-state index >= 15 is 0 Å². The van der Waals surface area contributed by atoms with Crippen molar-refractivity contribution in [3.63, 3.8) is 0 Å². The Balaban J connectivity index is 2.12. The molecule has 0 aliphatic heterocycles. The van der Waals surface area contributed by atoms with Crippen LogP contribution in [0.2, 0.25) is 0 Å². The summed E-state index contributed by atoms with van der Waals surface area (Å²) >= 11 is 3.33. The topological polar surface area (TPSA) is 66.5 Å². The van der Waals surface area contributed by atoms with Gasteiger partial charge in [-0.2, -0.15) is 5.26 Å². The zero-order valence-corrected chi connectivity index (χ0v) is 10.8. The minimum atomic E-state index is 0.546. The maximum absolute atomic E-state index is 9.00. The summed E-state index contributed by atoms with van der Waals surface area (Å²) in [5, 5.41) is 20.0. The number of nitrogens with zero attached hydrogens (tertiary/aromatic N) is 4. The predicted molar refractivity (Wildman–Crippen MR) is 67.2 cm³/mol. The number of anilines is 1. The summed E-state index contributed by atoms with van der Waals surface area (Å²) < 4.78 is 2.53. The normalized spacial score (nSPS) is 9.94. The van der Waals surface area contributed by atoms with Gasteiger partial charge in [0.15, 0.2) is 0 Å². The molecule has 2 aromatic rings. The first-order valence-electron chi connectivity index (χ1n) is 4.98. The van der Waals surface area contributed by atoms with Crippen LogP contribution in [0.25, 0.3) is 0 Å². The Hall–Kier alpha value is -1.87. The lowest BCUT2D eigenvalue weighted by molar-refractivity contribution is 0.713. The third-order valence-corrected chi connectivity index (χ3v) is 2.71. The molecule has 0 saturated carbocycles. The van der Waals surface area contributed by atoms with E-state index in [1.165, 1.54) is 0 Å². The molecular weight excluding hydrogens is 282 g/mol. The number of benzene rings is 1. The summed E-state index contributed by atoms with van der Waals surface area (Å²) in [5.41, 5.74) is 2.23. The lowest BCUT2D eigenvalue weighted by atomic mass is 10.2. The van der Waals surface area contributed by atoms with Crippen LogP contribution < -0.4 is 5.32 Å². The highest BCUT2D eigenvalue weighted by Crippen LogP contribution is 2.20. The van der Waals surface area contributed by atoms with Crippen LogP contribution in [-0.2, 0) is 13.6 Å². The maximum Gasteiger partial charge on any atom is 0.102 e. The lowest BCUT2D eigenvalue weighted by Gasteiger charge is -2.06. The Morgan fingerprint density at radius 3 is 3.00 bits per heavy atom. The molecule has 86 valence electrons. The van der Waals surface area contributed by atoms with Crippen LogP contribution in [-0.4, -0.2) is 15.0 Å². The van der Waals surface area contributed by atoms with E-state index in [-0.39, 0.29) is 0 Å². The van der Waals surface area contributed by atoms with Crippen molar-refractivity contribution < 1.29 is 0 Å². The van der Waals surface area contributed by atoms with E-state index in [0.717, 1.165) is 15.9 Å². The molecule has 5 nitrogen and oxygen atoms in total. The maximum atomic E-state index is 9.00. The van der Waals surface area contributed by atoms with Gasteiger partial charge in [-0.05, 0) is 18.2 Å². The lowest BCUT2D eigenvalue weighted by Crippen LogP contribution is -2.01. The molecule has 1 aromatic carbocycles. The zero-order valence-electron chi connectivity index (χ0n) is 9.18. The highest BCUT2D eigenvalue weighted by Gasteiger charge is 2.03. The van der Waals surface area contributed by atoms with Crippen LogP contribution in [0.15, 0.2) is 28.9 Å². The average Bonchev–Trinajstić information content (AvgIpc) is 2.73. The molecule has 6 heteroatoms.